The minimum atomic E-state index is -0.845. The Bertz CT molecular complexity index is 859. The van der Waals surface area contributed by atoms with Crippen LogP contribution in [0.2, 0.25) is 0 Å². The largest absolute Gasteiger partial charge is 0.380 e. The lowest BCUT2D eigenvalue weighted by molar-refractivity contribution is 0.206. The number of imidazole rings is 1. The second-order valence-electron chi connectivity index (χ2n) is 5.45. The molecule has 0 saturated carbocycles. The van der Waals surface area contributed by atoms with Crippen molar-refractivity contribution in [3.63, 3.8) is 0 Å². The molecular formula is C18H17N3O. The molecule has 0 aliphatic heterocycles. The first kappa shape index (κ1) is 14.3. The molecule has 1 heterocycles. The number of hydrogen-bond donors (Lipinski definition) is 1. The monoisotopic (exact) mass is 291 g/mol. The lowest BCUT2D eigenvalue weighted by atomic mass is 10.1. The van der Waals surface area contributed by atoms with Crippen LogP contribution in [0.15, 0.2) is 42.5 Å². The Hall–Kier alpha value is -2.64. The molecule has 3 aromatic rings. The highest BCUT2D eigenvalue weighted by molar-refractivity contribution is 5.78. The molecule has 0 aliphatic rings. The van der Waals surface area contributed by atoms with Gasteiger partial charge in [-0.05, 0) is 42.7 Å². The van der Waals surface area contributed by atoms with Crippen molar-refractivity contribution in [3.05, 3.63) is 65.0 Å². The van der Waals surface area contributed by atoms with Crippen LogP contribution in [0.1, 0.15) is 28.6 Å². The Kier molecular flexibility index (Phi) is 3.66. The van der Waals surface area contributed by atoms with Gasteiger partial charge in [-0.2, -0.15) is 5.26 Å². The van der Waals surface area contributed by atoms with Crippen LogP contribution in [-0.4, -0.2) is 14.7 Å². The number of aliphatic hydroxyl groups is 1. The molecule has 4 heteroatoms. The Balaban J connectivity index is 2.20. The Morgan fingerprint density at radius 3 is 2.55 bits per heavy atom. The number of hydrogen-bond acceptors (Lipinski definition) is 3. The van der Waals surface area contributed by atoms with Crippen LogP contribution in [0, 0.1) is 25.2 Å². The van der Waals surface area contributed by atoms with Crippen LogP contribution in [0.25, 0.3) is 11.0 Å². The number of aromatic nitrogens is 2. The van der Waals surface area contributed by atoms with Gasteiger partial charge in [0.2, 0.25) is 0 Å². The first-order chi connectivity index (χ1) is 10.6. The van der Waals surface area contributed by atoms with E-state index < -0.39 is 6.10 Å². The smallest absolute Gasteiger partial charge is 0.144 e. The summed E-state index contributed by atoms with van der Waals surface area (Å²) >= 11 is 0. The van der Waals surface area contributed by atoms with Gasteiger partial charge >= 0.3 is 0 Å². The highest BCUT2D eigenvalue weighted by Crippen LogP contribution is 2.27. The van der Waals surface area contributed by atoms with E-state index in [-0.39, 0.29) is 6.54 Å². The van der Waals surface area contributed by atoms with Gasteiger partial charge in [-0.1, -0.05) is 30.3 Å². The zero-order valence-electron chi connectivity index (χ0n) is 12.6. The van der Waals surface area contributed by atoms with Crippen molar-refractivity contribution in [1.82, 2.24) is 9.55 Å². The number of aliphatic hydroxyl groups excluding tert-OH is 1. The fraction of sp³-hybridized carbons (Fsp3) is 0.222. The molecular weight excluding hydrogens is 274 g/mol. The Labute approximate surface area is 129 Å². The Morgan fingerprint density at radius 1 is 1.18 bits per heavy atom. The van der Waals surface area contributed by atoms with E-state index in [0.717, 1.165) is 27.7 Å². The highest BCUT2D eigenvalue weighted by atomic mass is 16.3. The summed E-state index contributed by atoms with van der Waals surface area (Å²) in [5.41, 5.74) is 4.76. The second-order valence-corrected chi connectivity index (χ2v) is 5.45. The molecule has 4 nitrogen and oxygen atoms in total. The summed E-state index contributed by atoms with van der Waals surface area (Å²) in [6.45, 7) is 4.23. The average Bonchev–Trinajstić information content (AvgIpc) is 2.86. The molecule has 0 fully saturated rings. The molecule has 0 bridgehead atoms. The summed E-state index contributed by atoms with van der Waals surface area (Å²) in [6, 6.07) is 15.6. The number of benzene rings is 2. The van der Waals surface area contributed by atoms with E-state index in [1.54, 1.807) is 4.57 Å². The van der Waals surface area contributed by atoms with Crippen molar-refractivity contribution in [2.24, 2.45) is 0 Å². The molecule has 2 aromatic carbocycles. The summed E-state index contributed by atoms with van der Waals surface area (Å²) in [5.74, 6) is 0.507. The number of rotatable bonds is 3. The van der Waals surface area contributed by atoms with Crippen molar-refractivity contribution in [3.8, 4) is 6.07 Å². The van der Waals surface area contributed by atoms with Crippen molar-refractivity contribution in [2.45, 2.75) is 26.5 Å². The predicted octanol–water partition coefficient (Wildman–Crippen LogP) is 3.26. The topological polar surface area (TPSA) is 61.8 Å². The maximum Gasteiger partial charge on any atom is 0.144 e. The zero-order chi connectivity index (χ0) is 15.7. The summed E-state index contributed by atoms with van der Waals surface area (Å²) in [7, 11) is 0. The second kappa shape index (κ2) is 5.63. The van der Waals surface area contributed by atoms with Gasteiger partial charge in [-0.25, -0.2) is 4.98 Å². The van der Waals surface area contributed by atoms with E-state index in [4.69, 9.17) is 5.26 Å². The van der Waals surface area contributed by atoms with Crippen LogP contribution in [0.3, 0.4) is 0 Å². The lowest BCUT2D eigenvalue weighted by Crippen LogP contribution is -2.09. The molecule has 1 unspecified atom stereocenters. The van der Waals surface area contributed by atoms with Gasteiger partial charge in [0, 0.05) is 0 Å². The molecule has 0 saturated heterocycles. The van der Waals surface area contributed by atoms with Crippen LogP contribution >= 0.6 is 0 Å². The molecule has 1 N–H and O–H groups in total. The van der Waals surface area contributed by atoms with E-state index in [1.165, 1.54) is 0 Å². The number of nitriles is 1. The van der Waals surface area contributed by atoms with Crippen LogP contribution < -0.4 is 0 Å². The van der Waals surface area contributed by atoms with E-state index in [9.17, 15) is 5.11 Å². The summed E-state index contributed by atoms with van der Waals surface area (Å²) in [4.78, 5) is 4.57. The molecule has 22 heavy (non-hydrogen) atoms. The molecule has 0 amide bonds. The van der Waals surface area contributed by atoms with Crippen molar-refractivity contribution in [2.75, 3.05) is 0 Å². The first-order valence-electron chi connectivity index (χ1n) is 7.19. The molecule has 0 spiro atoms. The van der Waals surface area contributed by atoms with Crippen LogP contribution in [-0.2, 0) is 6.54 Å². The van der Waals surface area contributed by atoms with E-state index in [2.05, 4.69) is 11.1 Å². The van der Waals surface area contributed by atoms with Gasteiger partial charge in [0.05, 0.1) is 17.1 Å². The fourth-order valence-electron chi connectivity index (χ4n) is 2.63. The van der Waals surface area contributed by atoms with Gasteiger partial charge in [0.25, 0.3) is 0 Å². The number of aryl methyl sites for hydroxylation is 2. The third-order valence-electron chi connectivity index (χ3n) is 3.98. The van der Waals surface area contributed by atoms with E-state index in [0.29, 0.717) is 5.82 Å². The van der Waals surface area contributed by atoms with Gasteiger partial charge in [0.1, 0.15) is 18.5 Å². The quantitative estimate of drug-likeness (QED) is 0.805. The van der Waals surface area contributed by atoms with E-state index in [1.807, 2.05) is 56.3 Å². The minimum Gasteiger partial charge on any atom is -0.380 e. The highest BCUT2D eigenvalue weighted by Gasteiger charge is 2.20. The average molecular weight is 291 g/mol. The third kappa shape index (κ3) is 2.36. The standard InChI is InChI=1S/C18H17N3O/c1-12-10-15-16(11-13(12)2)21(9-8-19)18(20-15)17(22)14-6-4-3-5-7-14/h3-7,10-11,17,22H,9H2,1-2H3. The normalized spacial score (nSPS) is 12.3. The van der Waals surface area contributed by atoms with E-state index >= 15 is 0 Å². The van der Waals surface area contributed by atoms with Gasteiger partial charge in [-0.15, -0.1) is 0 Å². The Morgan fingerprint density at radius 2 is 1.86 bits per heavy atom. The first-order valence-corrected chi connectivity index (χ1v) is 7.19. The summed E-state index contributed by atoms with van der Waals surface area (Å²) in [6.07, 6.45) is -0.845. The summed E-state index contributed by atoms with van der Waals surface area (Å²) < 4.78 is 1.79. The van der Waals surface area contributed by atoms with Crippen LogP contribution in [0.5, 0.6) is 0 Å². The molecule has 1 atom stereocenters. The fourth-order valence-corrected chi connectivity index (χ4v) is 2.63. The van der Waals surface area contributed by atoms with Crippen LogP contribution in [0.4, 0.5) is 0 Å². The molecule has 1 aromatic heterocycles. The van der Waals surface area contributed by atoms with Crippen molar-refractivity contribution < 1.29 is 5.11 Å². The number of fused-ring (bicyclic) bond motifs is 1. The van der Waals surface area contributed by atoms with Crippen molar-refractivity contribution in [1.29, 1.82) is 5.26 Å². The SMILES string of the molecule is Cc1cc2nc(C(O)c3ccccc3)n(CC#N)c2cc1C. The molecule has 0 aliphatic carbocycles. The molecule has 110 valence electrons. The maximum atomic E-state index is 10.6. The molecule has 3 rings (SSSR count). The van der Waals surface area contributed by atoms with Gasteiger partial charge < -0.3 is 9.67 Å². The lowest BCUT2D eigenvalue weighted by Gasteiger charge is -2.12. The van der Waals surface area contributed by atoms with Gasteiger partial charge in [-0.3, -0.25) is 0 Å². The zero-order valence-corrected chi connectivity index (χ0v) is 12.6. The third-order valence-corrected chi connectivity index (χ3v) is 3.98. The molecule has 0 radical (unpaired) electrons. The van der Waals surface area contributed by atoms with Crippen molar-refractivity contribution >= 4 is 11.0 Å². The minimum absolute atomic E-state index is 0.165. The predicted molar refractivity (Wildman–Crippen MR) is 85.3 cm³/mol. The number of nitrogens with zero attached hydrogens (tertiary/aromatic N) is 3. The van der Waals surface area contributed by atoms with Gasteiger partial charge in [0.15, 0.2) is 0 Å². The summed E-state index contributed by atoms with van der Waals surface area (Å²) in [5, 5.41) is 19.8. The maximum absolute atomic E-state index is 10.6.